The van der Waals surface area contributed by atoms with Crippen molar-refractivity contribution in [3.8, 4) is 0 Å². The highest BCUT2D eigenvalue weighted by Gasteiger charge is 2.19. The van der Waals surface area contributed by atoms with Gasteiger partial charge >= 0.3 is 0 Å². The third-order valence-electron chi connectivity index (χ3n) is 4.65. The van der Waals surface area contributed by atoms with Crippen LogP contribution in [-0.2, 0) is 16.1 Å². The zero-order valence-electron chi connectivity index (χ0n) is 15.8. The van der Waals surface area contributed by atoms with Gasteiger partial charge in [0.2, 0.25) is 11.8 Å². The average Bonchev–Trinajstić information content (AvgIpc) is 2.85. The Bertz CT molecular complexity index is 589. The van der Waals surface area contributed by atoms with E-state index < -0.39 is 0 Å². The summed E-state index contributed by atoms with van der Waals surface area (Å²) >= 11 is 0. The Morgan fingerprint density at radius 2 is 1.85 bits per heavy atom. The molecule has 0 radical (unpaired) electrons. The first kappa shape index (κ1) is 20.4. The third kappa shape index (κ3) is 7.12. The number of nitrogens with zero attached hydrogens (tertiary/aromatic N) is 2. The smallest absolute Gasteiger partial charge is 0.242 e. The van der Waals surface area contributed by atoms with Crippen molar-refractivity contribution in [1.82, 2.24) is 15.1 Å². The van der Waals surface area contributed by atoms with E-state index in [4.69, 9.17) is 0 Å². The topological polar surface area (TPSA) is 52.7 Å². The van der Waals surface area contributed by atoms with Gasteiger partial charge in [0.25, 0.3) is 0 Å². The van der Waals surface area contributed by atoms with Gasteiger partial charge in [-0.15, -0.1) is 0 Å². The van der Waals surface area contributed by atoms with Gasteiger partial charge in [-0.25, -0.2) is 4.39 Å². The lowest BCUT2D eigenvalue weighted by Gasteiger charge is -2.22. The summed E-state index contributed by atoms with van der Waals surface area (Å²) in [4.78, 5) is 28.2. The van der Waals surface area contributed by atoms with Crippen molar-refractivity contribution in [3.05, 3.63) is 35.6 Å². The molecule has 1 heterocycles. The van der Waals surface area contributed by atoms with Gasteiger partial charge in [-0.3, -0.25) is 14.5 Å². The molecule has 1 saturated heterocycles. The molecule has 1 N–H and O–H groups in total. The van der Waals surface area contributed by atoms with Crippen molar-refractivity contribution in [2.24, 2.45) is 5.92 Å². The number of hydrogen-bond donors (Lipinski definition) is 1. The summed E-state index contributed by atoms with van der Waals surface area (Å²) in [5, 5.41) is 2.73. The van der Waals surface area contributed by atoms with E-state index in [1.165, 1.54) is 12.1 Å². The molecule has 6 heteroatoms. The molecule has 0 unspecified atom stereocenters. The Morgan fingerprint density at radius 1 is 1.12 bits per heavy atom. The predicted molar refractivity (Wildman–Crippen MR) is 100.0 cm³/mol. The molecule has 5 nitrogen and oxygen atoms in total. The van der Waals surface area contributed by atoms with E-state index in [-0.39, 0.29) is 24.2 Å². The highest BCUT2D eigenvalue weighted by molar-refractivity contribution is 5.84. The number of amides is 2. The van der Waals surface area contributed by atoms with Crippen molar-refractivity contribution >= 4 is 11.8 Å². The summed E-state index contributed by atoms with van der Waals surface area (Å²) < 4.78 is 13.0. The average molecular weight is 363 g/mol. The molecule has 26 heavy (non-hydrogen) atoms. The van der Waals surface area contributed by atoms with Crippen molar-refractivity contribution in [2.75, 3.05) is 32.7 Å². The Morgan fingerprint density at radius 3 is 2.54 bits per heavy atom. The highest BCUT2D eigenvalue weighted by Crippen LogP contribution is 2.10. The maximum Gasteiger partial charge on any atom is 0.242 e. The molecule has 0 aliphatic carbocycles. The molecular formula is C20H30FN3O2. The van der Waals surface area contributed by atoms with Gasteiger partial charge in [0.1, 0.15) is 5.82 Å². The van der Waals surface area contributed by atoms with Gasteiger partial charge in [0, 0.05) is 39.1 Å². The summed E-state index contributed by atoms with van der Waals surface area (Å²) in [6, 6.07) is 6.56. The molecule has 2 amide bonds. The van der Waals surface area contributed by atoms with Crippen LogP contribution in [0.25, 0.3) is 0 Å². The molecule has 0 spiro atoms. The molecule has 1 aliphatic rings. The Balaban J connectivity index is 1.74. The van der Waals surface area contributed by atoms with Crippen LogP contribution in [0.4, 0.5) is 4.39 Å². The number of carbonyl (C=O) groups is 2. The minimum atomic E-state index is -0.225. The maximum atomic E-state index is 13.0. The van der Waals surface area contributed by atoms with Gasteiger partial charge in [0.05, 0.1) is 6.54 Å². The van der Waals surface area contributed by atoms with Crippen molar-refractivity contribution < 1.29 is 14.0 Å². The van der Waals surface area contributed by atoms with Crippen LogP contribution in [0.15, 0.2) is 24.3 Å². The lowest BCUT2D eigenvalue weighted by molar-refractivity contribution is -0.132. The van der Waals surface area contributed by atoms with Crippen LogP contribution in [0, 0.1) is 11.7 Å². The second kappa shape index (κ2) is 10.3. The molecule has 0 bridgehead atoms. The number of hydrogen-bond acceptors (Lipinski definition) is 3. The number of rotatable bonds is 7. The van der Waals surface area contributed by atoms with E-state index in [1.807, 2.05) is 4.90 Å². The quantitative estimate of drug-likeness (QED) is 0.809. The molecule has 0 aromatic heterocycles. The Kier molecular flexibility index (Phi) is 8.04. The number of carbonyl (C=O) groups excluding carboxylic acids is 2. The fourth-order valence-corrected chi connectivity index (χ4v) is 3.02. The standard InChI is InChI=1S/C20H30FN3O2/c1-16(2)4-9-19(25)22-14-20(26)24-11-3-10-23(12-13-24)15-17-5-7-18(21)8-6-17/h5-8,16H,3-4,9-15H2,1-2H3,(H,22,25). The van der Waals surface area contributed by atoms with Gasteiger partial charge in [-0.05, 0) is 36.5 Å². The zero-order chi connectivity index (χ0) is 18.9. The molecule has 0 atom stereocenters. The van der Waals surface area contributed by atoms with Crippen molar-refractivity contribution in [3.63, 3.8) is 0 Å². The summed E-state index contributed by atoms with van der Waals surface area (Å²) in [5.41, 5.74) is 1.07. The second-order valence-electron chi connectivity index (χ2n) is 7.35. The van der Waals surface area contributed by atoms with E-state index in [0.717, 1.165) is 38.0 Å². The van der Waals surface area contributed by atoms with E-state index in [1.54, 1.807) is 12.1 Å². The lowest BCUT2D eigenvalue weighted by atomic mass is 10.1. The van der Waals surface area contributed by atoms with Crippen LogP contribution < -0.4 is 5.32 Å². The van der Waals surface area contributed by atoms with E-state index in [0.29, 0.717) is 25.4 Å². The van der Waals surface area contributed by atoms with Crippen LogP contribution in [-0.4, -0.2) is 54.3 Å². The summed E-state index contributed by atoms with van der Waals surface area (Å²) in [7, 11) is 0. The van der Waals surface area contributed by atoms with E-state index >= 15 is 0 Å². The van der Waals surface area contributed by atoms with Crippen molar-refractivity contribution in [1.29, 1.82) is 0 Å². The summed E-state index contributed by atoms with van der Waals surface area (Å²) in [6.45, 7) is 8.04. The first-order valence-corrected chi connectivity index (χ1v) is 9.45. The minimum Gasteiger partial charge on any atom is -0.347 e. The first-order valence-electron chi connectivity index (χ1n) is 9.45. The SMILES string of the molecule is CC(C)CCC(=O)NCC(=O)N1CCCN(Cc2ccc(F)cc2)CC1. The molecule has 2 rings (SSSR count). The summed E-state index contributed by atoms with van der Waals surface area (Å²) in [5.74, 6) is 0.178. The monoisotopic (exact) mass is 363 g/mol. The Labute approximate surface area is 155 Å². The first-order chi connectivity index (χ1) is 12.4. The van der Waals surface area contributed by atoms with E-state index in [2.05, 4.69) is 24.1 Å². The van der Waals surface area contributed by atoms with E-state index in [9.17, 15) is 14.0 Å². The van der Waals surface area contributed by atoms with Gasteiger partial charge in [-0.1, -0.05) is 26.0 Å². The van der Waals surface area contributed by atoms with Crippen molar-refractivity contribution in [2.45, 2.75) is 39.7 Å². The van der Waals surface area contributed by atoms with Gasteiger partial charge in [0.15, 0.2) is 0 Å². The number of benzene rings is 1. The fraction of sp³-hybridized carbons (Fsp3) is 0.600. The Hall–Kier alpha value is -1.95. The third-order valence-corrected chi connectivity index (χ3v) is 4.65. The van der Waals surface area contributed by atoms with Crippen LogP contribution in [0.2, 0.25) is 0 Å². The van der Waals surface area contributed by atoms with Crippen LogP contribution >= 0.6 is 0 Å². The van der Waals surface area contributed by atoms with Crippen LogP contribution in [0.1, 0.15) is 38.7 Å². The van der Waals surface area contributed by atoms with Crippen LogP contribution in [0.5, 0.6) is 0 Å². The van der Waals surface area contributed by atoms with Gasteiger partial charge in [-0.2, -0.15) is 0 Å². The normalized spacial score (nSPS) is 15.8. The molecule has 1 fully saturated rings. The largest absolute Gasteiger partial charge is 0.347 e. The zero-order valence-corrected chi connectivity index (χ0v) is 15.8. The molecule has 144 valence electrons. The molecule has 1 aromatic carbocycles. The summed E-state index contributed by atoms with van der Waals surface area (Å²) in [6.07, 6.45) is 2.20. The predicted octanol–water partition coefficient (Wildman–Crippen LogP) is 2.41. The number of halogens is 1. The lowest BCUT2D eigenvalue weighted by Crippen LogP contribution is -2.42. The molecule has 0 saturated carbocycles. The number of nitrogens with one attached hydrogen (secondary N) is 1. The maximum absolute atomic E-state index is 13.0. The molecule has 1 aliphatic heterocycles. The fourth-order valence-electron chi connectivity index (χ4n) is 3.02. The molecule has 1 aromatic rings. The highest BCUT2D eigenvalue weighted by atomic mass is 19.1. The minimum absolute atomic E-state index is 0.0217. The van der Waals surface area contributed by atoms with Crippen LogP contribution in [0.3, 0.4) is 0 Å². The van der Waals surface area contributed by atoms with Gasteiger partial charge < -0.3 is 10.2 Å². The second-order valence-corrected chi connectivity index (χ2v) is 7.35. The molecular weight excluding hydrogens is 333 g/mol.